The fourth-order valence-electron chi connectivity index (χ4n) is 4.80. The molecule has 5 nitrogen and oxygen atoms in total. The van der Waals surface area contributed by atoms with Gasteiger partial charge in [-0.3, -0.25) is 0 Å². The minimum Gasteiger partial charge on any atom is -0.493 e. The summed E-state index contributed by atoms with van der Waals surface area (Å²) in [5.41, 5.74) is 5.69. The molecule has 0 fully saturated rings. The molecule has 0 radical (unpaired) electrons. The van der Waals surface area contributed by atoms with Crippen molar-refractivity contribution in [2.45, 2.75) is 18.9 Å². The Kier molecular flexibility index (Phi) is 6.89. The Morgan fingerprint density at radius 2 is 1.42 bits per heavy atom. The van der Waals surface area contributed by atoms with Crippen molar-refractivity contribution in [3.63, 3.8) is 0 Å². The van der Waals surface area contributed by atoms with E-state index in [-0.39, 0.29) is 12.1 Å². The van der Waals surface area contributed by atoms with Crippen molar-refractivity contribution in [2.24, 2.45) is 0 Å². The third-order valence-electron chi connectivity index (χ3n) is 6.68. The number of hydrogen-bond acceptors (Lipinski definition) is 4. The number of methoxy groups -OCH3 is 2. The van der Waals surface area contributed by atoms with Crippen LogP contribution in [0.15, 0.2) is 97.1 Å². The van der Waals surface area contributed by atoms with Gasteiger partial charge >= 0.3 is 6.09 Å². The zero-order valence-corrected chi connectivity index (χ0v) is 20.5. The minimum absolute atomic E-state index is 0.202. The van der Waals surface area contributed by atoms with Gasteiger partial charge in [0.05, 0.1) is 20.3 Å². The second kappa shape index (κ2) is 10.6. The second-order valence-electron chi connectivity index (χ2n) is 8.81. The summed E-state index contributed by atoms with van der Waals surface area (Å²) in [4.78, 5) is 15.2. The van der Waals surface area contributed by atoms with E-state index in [4.69, 9.17) is 14.2 Å². The van der Waals surface area contributed by atoms with E-state index in [1.54, 1.807) is 26.4 Å². The molecule has 36 heavy (non-hydrogen) atoms. The third-order valence-corrected chi connectivity index (χ3v) is 6.68. The van der Waals surface area contributed by atoms with Gasteiger partial charge in [0, 0.05) is 6.54 Å². The molecule has 0 aliphatic carbocycles. The Hall–Kier alpha value is -4.25. The van der Waals surface area contributed by atoms with E-state index in [0.717, 1.165) is 22.3 Å². The van der Waals surface area contributed by atoms with E-state index in [1.807, 2.05) is 53.4 Å². The molecule has 5 rings (SSSR count). The van der Waals surface area contributed by atoms with Crippen LogP contribution in [0.5, 0.6) is 17.2 Å². The highest BCUT2D eigenvalue weighted by Crippen LogP contribution is 2.40. The average molecular weight is 480 g/mol. The molecule has 5 heteroatoms. The smallest absolute Gasteiger partial charge is 0.415 e. The highest BCUT2D eigenvalue weighted by molar-refractivity contribution is 5.72. The maximum absolute atomic E-state index is 13.3. The Labute approximate surface area is 211 Å². The van der Waals surface area contributed by atoms with Crippen LogP contribution in [0.25, 0.3) is 11.1 Å². The monoisotopic (exact) mass is 479 g/mol. The number of ether oxygens (including phenoxy) is 3. The van der Waals surface area contributed by atoms with Crippen LogP contribution in [0.2, 0.25) is 0 Å². The van der Waals surface area contributed by atoms with E-state index >= 15 is 0 Å². The van der Waals surface area contributed by atoms with Crippen molar-refractivity contribution in [3.05, 3.63) is 114 Å². The van der Waals surface area contributed by atoms with Crippen molar-refractivity contribution in [1.29, 1.82) is 0 Å². The molecule has 0 aromatic heterocycles. The van der Waals surface area contributed by atoms with Crippen LogP contribution in [0.4, 0.5) is 4.79 Å². The lowest BCUT2D eigenvalue weighted by atomic mass is 9.88. The average Bonchev–Trinajstić information content (AvgIpc) is 2.93. The van der Waals surface area contributed by atoms with Gasteiger partial charge < -0.3 is 19.1 Å². The first-order valence-electron chi connectivity index (χ1n) is 12.1. The number of amides is 1. The molecule has 182 valence electrons. The zero-order chi connectivity index (χ0) is 24.9. The van der Waals surface area contributed by atoms with Crippen LogP contribution in [0, 0.1) is 0 Å². The first kappa shape index (κ1) is 23.5. The first-order chi connectivity index (χ1) is 17.7. The van der Waals surface area contributed by atoms with E-state index in [2.05, 4.69) is 36.4 Å². The summed E-state index contributed by atoms with van der Waals surface area (Å²) in [5, 5.41) is 0. The highest BCUT2D eigenvalue weighted by atomic mass is 16.6. The molecule has 0 bridgehead atoms. The molecule has 4 aromatic carbocycles. The van der Waals surface area contributed by atoms with Crippen molar-refractivity contribution >= 4 is 6.09 Å². The van der Waals surface area contributed by atoms with Crippen LogP contribution >= 0.6 is 0 Å². The summed E-state index contributed by atoms with van der Waals surface area (Å²) in [6, 6.07) is 31.9. The molecule has 0 N–H and O–H groups in total. The summed E-state index contributed by atoms with van der Waals surface area (Å²) in [5.74, 6) is 1.88. The number of benzene rings is 4. The number of nitrogens with zero attached hydrogens (tertiary/aromatic N) is 1. The summed E-state index contributed by atoms with van der Waals surface area (Å²) in [6.07, 6.45) is 1.01. The molecule has 1 aliphatic heterocycles. The molecule has 1 amide bonds. The van der Waals surface area contributed by atoms with Crippen LogP contribution in [-0.4, -0.2) is 31.8 Å². The summed E-state index contributed by atoms with van der Waals surface area (Å²) >= 11 is 0. The first-order valence-corrected chi connectivity index (χ1v) is 12.1. The van der Waals surface area contributed by atoms with Gasteiger partial charge in [-0.2, -0.15) is 0 Å². The van der Waals surface area contributed by atoms with Gasteiger partial charge in [0.1, 0.15) is 5.75 Å². The van der Waals surface area contributed by atoms with Crippen molar-refractivity contribution < 1.29 is 19.0 Å². The van der Waals surface area contributed by atoms with Gasteiger partial charge in [-0.25, -0.2) is 4.79 Å². The van der Waals surface area contributed by atoms with E-state index in [0.29, 0.717) is 36.6 Å². The molecule has 1 unspecified atom stereocenters. The topological polar surface area (TPSA) is 48.0 Å². The van der Waals surface area contributed by atoms with Crippen molar-refractivity contribution in [1.82, 2.24) is 4.90 Å². The lowest BCUT2D eigenvalue weighted by molar-refractivity contribution is 0.126. The molecule has 1 aliphatic rings. The van der Waals surface area contributed by atoms with E-state index in [1.165, 1.54) is 5.56 Å². The van der Waals surface area contributed by atoms with Gasteiger partial charge in [0.15, 0.2) is 11.5 Å². The zero-order valence-electron chi connectivity index (χ0n) is 20.5. The van der Waals surface area contributed by atoms with E-state index < -0.39 is 0 Å². The number of carbonyl (C=O) groups excluding carboxylic acids is 1. The largest absolute Gasteiger partial charge is 0.493 e. The summed E-state index contributed by atoms with van der Waals surface area (Å²) in [6.45, 7) is 0.556. The second-order valence-corrected chi connectivity index (χ2v) is 8.81. The number of hydrogen-bond donors (Lipinski definition) is 0. The predicted molar refractivity (Wildman–Crippen MR) is 141 cm³/mol. The van der Waals surface area contributed by atoms with Gasteiger partial charge in [-0.05, 0) is 64.9 Å². The molecular formula is C31H29NO4. The van der Waals surface area contributed by atoms with Crippen LogP contribution in [0.1, 0.15) is 22.7 Å². The van der Waals surface area contributed by atoms with Crippen LogP contribution in [0.3, 0.4) is 0 Å². The van der Waals surface area contributed by atoms with E-state index in [9.17, 15) is 4.79 Å². The molecule has 1 heterocycles. The SMILES string of the molecule is COc1cc2c(cc1OC)C(Cc1ccc(-c3ccccc3)cc1)N(C(=O)Oc1ccccc1)CC2. The fourth-order valence-corrected chi connectivity index (χ4v) is 4.80. The molecular weight excluding hydrogens is 450 g/mol. The Balaban J connectivity index is 1.48. The Morgan fingerprint density at radius 3 is 2.08 bits per heavy atom. The lowest BCUT2D eigenvalue weighted by Crippen LogP contribution is -2.42. The normalized spacial score (nSPS) is 14.6. The van der Waals surface area contributed by atoms with Crippen molar-refractivity contribution in [3.8, 4) is 28.4 Å². The maximum Gasteiger partial charge on any atom is 0.415 e. The maximum atomic E-state index is 13.3. The Morgan fingerprint density at radius 1 is 0.806 bits per heavy atom. The molecule has 0 saturated heterocycles. The highest BCUT2D eigenvalue weighted by Gasteiger charge is 2.33. The van der Waals surface area contributed by atoms with Crippen LogP contribution in [-0.2, 0) is 12.8 Å². The minimum atomic E-state index is -0.354. The number of rotatable bonds is 6. The third kappa shape index (κ3) is 4.91. The number of carbonyl (C=O) groups is 1. The molecule has 4 aromatic rings. The molecule has 1 atom stereocenters. The van der Waals surface area contributed by atoms with Crippen LogP contribution < -0.4 is 14.2 Å². The van der Waals surface area contributed by atoms with Crippen molar-refractivity contribution in [2.75, 3.05) is 20.8 Å². The van der Waals surface area contributed by atoms with Gasteiger partial charge in [0.2, 0.25) is 0 Å². The van der Waals surface area contributed by atoms with Gasteiger partial charge in [-0.1, -0.05) is 72.8 Å². The predicted octanol–water partition coefficient (Wildman–Crippen LogP) is 6.71. The fraction of sp³-hybridized carbons (Fsp3) is 0.194. The van der Waals surface area contributed by atoms with Gasteiger partial charge in [0.25, 0.3) is 0 Å². The quantitative estimate of drug-likeness (QED) is 0.308. The number of fused-ring (bicyclic) bond motifs is 1. The Bertz CT molecular complexity index is 1320. The number of para-hydroxylation sites is 1. The van der Waals surface area contributed by atoms with Gasteiger partial charge in [-0.15, -0.1) is 0 Å². The summed E-state index contributed by atoms with van der Waals surface area (Å²) < 4.78 is 16.9. The lowest BCUT2D eigenvalue weighted by Gasteiger charge is -2.37. The summed E-state index contributed by atoms with van der Waals surface area (Å²) in [7, 11) is 3.27. The molecule has 0 spiro atoms. The standard InChI is InChI=1S/C31H29NO4/c1-34-29-20-25-17-18-32(31(33)36-26-11-7-4-8-12-26)28(27(25)21-30(29)35-2)19-22-13-15-24(16-14-22)23-9-5-3-6-10-23/h3-16,20-21,28H,17-19H2,1-2H3. The molecule has 0 saturated carbocycles.